The van der Waals surface area contributed by atoms with Crippen molar-refractivity contribution < 1.29 is 9.59 Å². The number of amides is 2. The van der Waals surface area contributed by atoms with Crippen molar-refractivity contribution in [1.82, 2.24) is 30.4 Å². The van der Waals surface area contributed by atoms with Crippen LogP contribution in [0.3, 0.4) is 0 Å². The average molecular weight is 461 g/mol. The molecule has 0 spiro atoms. The van der Waals surface area contributed by atoms with Gasteiger partial charge in [-0.15, -0.1) is 11.3 Å². The fourth-order valence-electron chi connectivity index (χ4n) is 3.51. The van der Waals surface area contributed by atoms with Crippen molar-refractivity contribution in [1.29, 1.82) is 0 Å². The summed E-state index contributed by atoms with van der Waals surface area (Å²) < 4.78 is 1.77. The molecule has 4 rings (SSSR count). The molecule has 0 aliphatic rings. The Labute approximate surface area is 195 Å². The van der Waals surface area contributed by atoms with E-state index in [0.29, 0.717) is 12.2 Å². The molecule has 4 aromatic rings. The van der Waals surface area contributed by atoms with E-state index in [1.54, 1.807) is 23.3 Å². The molecule has 0 unspecified atom stereocenters. The first-order chi connectivity index (χ1) is 16.0. The molecule has 0 fully saturated rings. The van der Waals surface area contributed by atoms with Gasteiger partial charge in [0.25, 0.3) is 5.91 Å². The van der Waals surface area contributed by atoms with Gasteiger partial charge < -0.3 is 10.6 Å². The lowest BCUT2D eigenvalue weighted by atomic mass is 10.1. The number of aryl methyl sites for hydroxylation is 1. The van der Waals surface area contributed by atoms with Crippen molar-refractivity contribution in [2.75, 3.05) is 7.05 Å². The van der Waals surface area contributed by atoms with Gasteiger partial charge in [0.1, 0.15) is 10.7 Å². The lowest BCUT2D eigenvalue weighted by Crippen LogP contribution is -2.25. The predicted octanol–water partition coefficient (Wildman–Crippen LogP) is 3.23. The first-order valence-electron chi connectivity index (χ1n) is 10.5. The van der Waals surface area contributed by atoms with E-state index < -0.39 is 0 Å². The molecule has 0 aliphatic carbocycles. The summed E-state index contributed by atoms with van der Waals surface area (Å²) in [5.41, 5.74) is 4.87. The third-order valence-corrected chi connectivity index (χ3v) is 6.16. The number of benzene rings is 1. The number of nitrogens with zero attached hydrogens (tertiary/aromatic N) is 4. The maximum Gasteiger partial charge on any atom is 0.270 e. The number of thiazole rings is 1. The Morgan fingerprint density at radius 3 is 2.73 bits per heavy atom. The molecule has 1 aromatic carbocycles. The summed E-state index contributed by atoms with van der Waals surface area (Å²) in [6.07, 6.45) is 1.96. The number of nitrogens with one attached hydrogen (secondary N) is 2. The van der Waals surface area contributed by atoms with Crippen molar-refractivity contribution >= 4 is 23.2 Å². The summed E-state index contributed by atoms with van der Waals surface area (Å²) in [6.45, 7) is 4.24. The Morgan fingerprint density at radius 2 is 1.97 bits per heavy atom. The SMILES string of the molecule is CNC(=O)c1csc(-c2cccc(CNC(=O)Cc3c(C)nn(-c4ccccn4)c3C)c2)n1. The van der Waals surface area contributed by atoms with Crippen LogP contribution in [0.1, 0.15) is 33.0 Å². The molecule has 0 aliphatic heterocycles. The quantitative estimate of drug-likeness (QED) is 0.441. The van der Waals surface area contributed by atoms with Gasteiger partial charge >= 0.3 is 0 Å². The van der Waals surface area contributed by atoms with Crippen LogP contribution in [0.4, 0.5) is 0 Å². The largest absolute Gasteiger partial charge is 0.354 e. The fourth-order valence-corrected chi connectivity index (χ4v) is 4.31. The van der Waals surface area contributed by atoms with Gasteiger partial charge in [0.15, 0.2) is 5.82 Å². The van der Waals surface area contributed by atoms with Crippen molar-refractivity contribution in [2.45, 2.75) is 26.8 Å². The van der Waals surface area contributed by atoms with Gasteiger partial charge in [0, 0.05) is 42.0 Å². The smallest absolute Gasteiger partial charge is 0.270 e. The molecule has 8 nitrogen and oxygen atoms in total. The average Bonchev–Trinajstić information content (AvgIpc) is 3.44. The molecule has 0 saturated heterocycles. The van der Waals surface area contributed by atoms with E-state index in [4.69, 9.17) is 0 Å². The van der Waals surface area contributed by atoms with Gasteiger partial charge in [-0.05, 0) is 37.6 Å². The topological polar surface area (TPSA) is 102 Å². The molecule has 2 N–H and O–H groups in total. The van der Waals surface area contributed by atoms with Crippen LogP contribution >= 0.6 is 11.3 Å². The van der Waals surface area contributed by atoms with Crippen LogP contribution < -0.4 is 10.6 Å². The molecular weight excluding hydrogens is 436 g/mol. The van der Waals surface area contributed by atoms with Crippen LogP contribution in [0.15, 0.2) is 54.0 Å². The van der Waals surface area contributed by atoms with Crippen molar-refractivity contribution in [3.05, 3.63) is 82.3 Å². The van der Waals surface area contributed by atoms with Gasteiger partial charge in [0.05, 0.1) is 12.1 Å². The Morgan fingerprint density at radius 1 is 1.12 bits per heavy atom. The summed E-state index contributed by atoms with van der Waals surface area (Å²) in [4.78, 5) is 33.2. The molecule has 33 heavy (non-hydrogen) atoms. The minimum atomic E-state index is -0.210. The van der Waals surface area contributed by atoms with Crippen LogP contribution in [0, 0.1) is 13.8 Å². The third kappa shape index (κ3) is 4.98. The van der Waals surface area contributed by atoms with Gasteiger partial charge in [0.2, 0.25) is 5.91 Å². The van der Waals surface area contributed by atoms with E-state index in [2.05, 4.69) is 25.7 Å². The zero-order chi connectivity index (χ0) is 23.4. The maximum atomic E-state index is 12.7. The van der Waals surface area contributed by atoms with Crippen molar-refractivity contribution in [2.24, 2.45) is 0 Å². The van der Waals surface area contributed by atoms with E-state index >= 15 is 0 Å². The molecule has 3 heterocycles. The summed E-state index contributed by atoms with van der Waals surface area (Å²) >= 11 is 1.41. The van der Waals surface area contributed by atoms with Gasteiger partial charge in [-0.25, -0.2) is 14.6 Å². The molecule has 0 bridgehead atoms. The second kappa shape index (κ2) is 9.74. The van der Waals surface area contributed by atoms with Crippen LogP contribution in [-0.4, -0.2) is 38.6 Å². The number of carbonyl (C=O) groups excluding carboxylic acids is 2. The highest BCUT2D eigenvalue weighted by Crippen LogP contribution is 2.24. The second-order valence-corrected chi connectivity index (χ2v) is 8.38. The number of rotatable bonds is 7. The molecule has 168 valence electrons. The Bertz CT molecular complexity index is 1300. The predicted molar refractivity (Wildman–Crippen MR) is 127 cm³/mol. The lowest BCUT2D eigenvalue weighted by molar-refractivity contribution is -0.120. The zero-order valence-electron chi connectivity index (χ0n) is 18.6. The minimum Gasteiger partial charge on any atom is -0.354 e. The van der Waals surface area contributed by atoms with Crippen molar-refractivity contribution in [3.8, 4) is 16.4 Å². The number of hydrogen-bond acceptors (Lipinski definition) is 6. The van der Waals surface area contributed by atoms with E-state index in [1.807, 2.05) is 56.3 Å². The third-order valence-electron chi connectivity index (χ3n) is 5.27. The summed E-state index contributed by atoms with van der Waals surface area (Å²) in [7, 11) is 1.58. The Hall–Kier alpha value is -3.85. The fraction of sp³-hybridized carbons (Fsp3) is 0.208. The van der Waals surface area contributed by atoms with Gasteiger partial charge in [-0.2, -0.15) is 5.10 Å². The Balaban J connectivity index is 1.42. The molecule has 0 saturated carbocycles. The number of pyridine rings is 1. The first-order valence-corrected chi connectivity index (χ1v) is 11.3. The Kier molecular flexibility index (Phi) is 6.60. The highest BCUT2D eigenvalue weighted by atomic mass is 32.1. The molecule has 0 radical (unpaired) electrons. The molecule has 2 amide bonds. The summed E-state index contributed by atoms with van der Waals surface area (Å²) in [5, 5.41) is 12.6. The van der Waals surface area contributed by atoms with E-state index in [9.17, 15) is 9.59 Å². The van der Waals surface area contributed by atoms with Crippen LogP contribution in [-0.2, 0) is 17.8 Å². The normalized spacial score (nSPS) is 10.8. The number of aromatic nitrogens is 4. The number of carbonyl (C=O) groups is 2. The summed E-state index contributed by atoms with van der Waals surface area (Å²) in [6, 6.07) is 13.4. The molecule has 3 aromatic heterocycles. The van der Waals surface area contributed by atoms with Crippen LogP contribution in [0.25, 0.3) is 16.4 Å². The standard InChI is InChI=1S/C24H24N6O2S/c1-15-19(16(2)30(29-15)21-9-4-5-10-26-21)12-22(31)27-13-17-7-6-8-18(11-17)24-28-20(14-33-24)23(32)25-3/h4-11,14H,12-13H2,1-3H3,(H,25,32)(H,27,31). The second-order valence-electron chi connectivity index (χ2n) is 7.52. The highest BCUT2D eigenvalue weighted by Gasteiger charge is 2.16. The molecule has 9 heteroatoms. The first kappa shape index (κ1) is 22.3. The summed E-state index contributed by atoms with van der Waals surface area (Å²) in [5.74, 6) is 0.435. The molecular formula is C24H24N6O2S. The van der Waals surface area contributed by atoms with Gasteiger partial charge in [-0.3, -0.25) is 9.59 Å². The van der Waals surface area contributed by atoms with Gasteiger partial charge in [-0.1, -0.05) is 24.3 Å². The molecule has 0 atom stereocenters. The van der Waals surface area contributed by atoms with Crippen LogP contribution in [0.2, 0.25) is 0 Å². The van der Waals surface area contributed by atoms with E-state index in [1.165, 1.54) is 11.3 Å². The zero-order valence-corrected chi connectivity index (χ0v) is 19.4. The minimum absolute atomic E-state index is 0.0803. The van der Waals surface area contributed by atoms with E-state index in [-0.39, 0.29) is 18.2 Å². The van der Waals surface area contributed by atoms with Crippen molar-refractivity contribution in [3.63, 3.8) is 0 Å². The van der Waals surface area contributed by atoms with E-state index in [0.717, 1.165) is 38.9 Å². The monoisotopic (exact) mass is 460 g/mol. The maximum absolute atomic E-state index is 12.7. The van der Waals surface area contributed by atoms with Crippen LogP contribution in [0.5, 0.6) is 0 Å². The number of hydrogen-bond donors (Lipinski definition) is 2. The highest BCUT2D eigenvalue weighted by molar-refractivity contribution is 7.13. The lowest BCUT2D eigenvalue weighted by Gasteiger charge is -2.08.